The van der Waals surface area contributed by atoms with Crippen molar-refractivity contribution in [2.75, 3.05) is 0 Å². The Balaban J connectivity index is 1.85. The second-order valence-electron chi connectivity index (χ2n) is 5.35. The molecule has 2 aliphatic rings. The Morgan fingerprint density at radius 3 is 2.00 bits per heavy atom. The minimum absolute atomic E-state index is 0.232. The molecule has 1 heteroatoms. The predicted octanol–water partition coefficient (Wildman–Crippen LogP) is 3.65. The lowest BCUT2D eigenvalue weighted by Gasteiger charge is -2.46. The van der Waals surface area contributed by atoms with Crippen molar-refractivity contribution < 1.29 is 5.11 Å². The molecule has 2 atom stereocenters. The fraction of sp³-hybridized carbons (Fsp3) is 1.00. The summed E-state index contributed by atoms with van der Waals surface area (Å²) in [6.45, 7) is 0. The quantitative estimate of drug-likeness (QED) is 0.627. The van der Waals surface area contributed by atoms with Crippen LogP contribution in [-0.2, 0) is 0 Å². The third-order valence-corrected chi connectivity index (χ3v) is 4.35. The first-order chi connectivity index (χ1) is 6.81. The zero-order chi connectivity index (χ0) is 9.86. The lowest BCUT2D eigenvalue weighted by molar-refractivity contribution is -0.105. The zero-order valence-electron chi connectivity index (χ0n) is 9.30. The summed E-state index contributed by atoms with van der Waals surface area (Å²) in [5.41, 5.74) is -0.232. The summed E-state index contributed by atoms with van der Waals surface area (Å²) >= 11 is 0. The van der Waals surface area contributed by atoms with Crippen LogP contribution in [0.15, 0.2) is 0 Å². The fourth-order valence-electron chi connectivity index (χ4n) is 3.13. The highest BCUT2D eigenvalue weighted by Gasteiger charge is 2.43. The van der Waals surface area contributed by atoms with Crippen LogP contribution in [0.25, 0.3) is 0 Å². The third kappa shape index (κ3) is 2.31. The van der Waals surface area contributed by atoms with E-state index in [0.717, 1.165) is 12.8 Å². The van der Waals surface area contributed by atoms with E-state index in [0.29, 0.717) is 5.92 Å². The first-order valence-corrected chi connectivity index (χ1v) is 6.54. The van der Waals surface area contributed by atoms with Crippen LogP contribution in [0.3, 0.4) is 0 Å². The Morgan fingerprint density at radius 2 is 1.36 bits per heavy atom. The lowest BCUT2D eigenvalue weighted by Crippen LogP contribution is -2.46. The SMILES string of the molecule is OC12CCCCCCCCCC1CC2. The van der Waals surface area contributed by atoms with Crippen molar-refractivity contribution in [2.24, 2.45) is 5.92 Å². The minimum atomic E-state index is -0.232. The normalized spacial score (nSPS) is 40.5. The first kappa shape index (κ1) is 10.5. The van der Waals surface area contributed by atoms with Gasteiger partial charge in [0.25, 0.3) is 0 Å². The number of hydrogen-bond acceptors (Lipinski definition) is 1. The maximum absolute atomic E-state index is 10.3. The second-order valence-corrected chi connectivity index (χ2v) is 5.35. The van der Waals surface area contributed by atoms with Crippen molar-refractivity contribution in [1.29, 1.82) is 0 Å². The maximum Gasteiger partial charge on any atom is 0.0676 e. The van der Waals surface area contributed by atoms with Gasteiger partial charge in [-0.1, -0.05) is 44.9 Å². The highest BCUT2D eigenvalue weighted by atomic mass is 16.3. The van der Waals surface area contributed by atoms with Gasteiger partial charge in [-0.25, -0.2) is 0 Å². The fourth-order valence-corrected chi connectivity index (χ4v) is 3.13. The van der Waals surface area contributed by atoms with Crippen LogP contribution in [-0.4, -0.2) is 10.7 Å². The van der Waals surface area contributed by atoms with Gasteiger partial charge in [0, 0.05) is 0 Å². The van der Waals surface area contributed by atoms with Crippen LogP contribution >= 0.6 is 0 Å². The average molecular weight is 196 g/mol. The smallest absolute Gasteiger partial charge is 0.0676 e. The Labute approximate surface area is 87.9 Å². The van der Waals surface area contributed by atoms with E-state index in [4.69, 9.17) is 0 Å². The van der Waals surface area contributed by atoms with E-state index >= 15 is 0 Å². The van der Waals surface area contributed by atoms with Gasteiger partial charge in [0.1, 0.15) is 0 Å². The van der Waals surface area contributed by atoms with Crippen LogP contribution in [0.4, 0.5) is 0 Å². The molecular formula is C13H24O. The summed E-state index contributed by atoms with van der Waals surface area (Å²) in [6.07, 6.45) is 14.3. The van der Waals surface area contributed by atoms with Gasteiger partial charge in [0.05, 0.1) is 5.60 Å². The van der Waals surface area contributed by atoms with Gasteiger partial charge in [0.15, 0.2) is 0 Å². The molecule has 2 fully saturated rings. The molecule has 2 aliphatic carbocycles. The molecule has 2 rings (SSSR count). The summed E-state index contributed by atoms with van der Waals surface area (Å²) in [7, 11) is 0. The predicted molar refractivity (Wildman–Crippen MR) is 59.2 cm³/mol. The molecule has 0 bridgehead atoms. The van der Waals surface area contributed by atoms with Crippen molar-refractivity contribution in [3.05, 3.63) is 0 Å². The van der Waals surface area contributed by atoms with Gasteiger partial charge >= 0.3 is 0 Å². The molecule has 0 heterocycles. The molecule has 1 N–H and O–H groups in total. The van der Waals surface area contributed by atoms with Gasteiger partial charge in [0.2, 0.25) is 0 Å². The minimum Gasteiger partial charge on any atom is -0.390 e. The molecule has 0 amide bonds. The number of rotatable bonds is 0. The molecule has 82 valence electrons. The third-order valence-electron chi connectivity index (χ3n) is 4.35. The van der Waals surface area contributed by atoms with Gasteiger partial charge in [-0.15, -0.1) is 0 Å². The van der Waals surface area contributed by atoms with E-state index in [1.54, 1.807) is 0 Å². The van der Waals surface area contributed by atoms with Crippen LogP contribution in [0, 0.1) is 5.92 Å². The zero-order valence-corrected chi connectivity index (χ0v) is 9.30. The summed E-state index contributed by atoms with van der Waals surface area (Å²) < 4.78 is 0. The molecule has 0 aromatic rings. The summed E-state index contributed by atoms with van der Waals surface area (Å²) in [5.74, 6) is 0.653. The van der Waals surface area contributed by atoms with Crippen LogP contribution in [0.2, 0.25) is 0 Å². The second kappa shape index (κ2) is 4.65. The van der Waals surface area contributed by atoms with Gasteiger partial charge < -0.3 is 5.11 Å². The Kier molecular flexibility index (Phi) is 3.48. The van der Waals surface area contributed by atoms with E-state index in [-0.39, 0.29) is 5.60 Å². The Morgan fingerprint density at radius 1 is 0.714 bits per heavy atom. The number of aliphatic hydroxyl groups is 1. The molecule has 0 aliphatic heterocycles. The molecule has 0 aromatic heterocycles. The maximum atomic E-state index is 10.3. The van der Waals surface area contributed by atoms with E-state index in [2.05, 4.69) is 0 Å². The van der Waals surface area contributed by atoms with E-state index in [1.807, 2.05) is 0 Å². The number of hydrogen-bond donors (Lipinski definition) is 1. The molecule has 0 saturated heterocycles. The van der Waals surface area contributed by atoms with E-state index in [9.17, 15) is 5.11 Å². The topological polar surface area (TPSA) is 20.2 Å². The largest absolute Gasteiger partial charge is 0.390 e. The Bertz CT molecular complexity index is 178. The summed E-state index contributed by atoms with van der Waals surface area (Å²) in [6, 6.07) is 0. The highest BCUT2D eigenvalue weighted by molar-refractivity contribution is 4.95. The van der Waals surface area contributed by atoms with Crippen LogP contribution in [0.5, 0.6) is 0 Å². The monoisotopic (exact) mass is 196 g/mol. The van der Waals surface area contributed by atoms with E-state index in [1.165, 1.54) is 57.8 Å². The molecule has 0 aromatic carbocycles. The molecular weight excluding hydrogens is 172 g/mol. The summed E-state index contributed by atoms with van der Waals surface area (Å²) in [4.78, 5) is 0. The van der Waals surface area contributed by atoms with Crippen molar-refractivity contribution in [1.82, 2.24) is 0 Å². The van der Waals surface area contributed by atoms with Crippen LogP contribution < -0.4 is 0 Å². The molecule has 2 saturated carbocycles. The lowest BCUT2D eigenvalue weighted by atomic mass is 9.65. The van der Waals surface area contributed by atoms with Crippen molar-refractivity contribution >= 4 is 0 Å². The van der Waals surface area contributed by atoms with Gasteiger partial charge in [-0.2, -0.15) is 0 Å². The van der Waals surface area contributed by atoms with E-state index < -0.39 is 0 Å². The van der Waals surface area contributed by atoms with Crippen molar-refractivity contribution in [2.45, 2.75) is 76.2 Å². The molecule has 0 spiro atoms. The van der Waals surface area contributed by atoms with Crippen molar-refractivity contribution in [3.8, 4) is 0 Å². The van der Waals surface area contributed by atoms with Crippen LogP contribution in [0.1, 0.15) is 70.6 Å². The average Bonchev–Trinajstić information content (AvgIpc) is 2.19. The van der Waals surface area contributed by atoms with Gasteiger partial charge in [-0.05, 0) is 31.6 Å². The molecule has 0 radical (unpaired) electrons. The molecule has 14 heavy (non-hydrogen) atoms. The molecule has 2 unspecified atom stereocenters. The standard InChI is InChI=1S/C13H24O/c14-13-10-7-5-3-1-2-4-6-8-12(13)9-11-13/h12,14H,1-11H2. The van der Waals surface area contributed by atoms with Gasteiger partial charge in [-0.3, -0.25) is 0 Å². The molecule has 1 nitrogen and oxygen atoms in total. The Hall–Kier alpha value is -0.0400. The highest BCUT2D eigenvalue weighted by Crippen LogP contribution is 2.45. The number of fused-ring (bicyclic) bond motifs is 1. The van der Waals surface area contributed by atoms with Crippen molar-refractivity contribution in [3.63, 3.8) is 0 Å². The summed E-state index contributed by atoms with van der Waals surface area (Å²) in [5, 5.41) is 10.3. The first-order valence-electron chi connectivity index (χ1n) is 6.54.